The number of nitrogens with zero attached hydrogens (tertiary/aromatic N) is 1. The second kappa shape index (κ2) is 12.6. The van der Waals surface area contributed by atoms with E-state index in [9.17, 15) is 4.79 Å². The molecule has 0 aliphatic carbocycles. The quantitative estimate of drug-likeness (QED) is 0.124. The Hall–Kier alpha value is -5.07. The van der Waals surface area contributed by atoms with Gasteiger partial charge in [-0.1, -0.05) is 78.9 Å². The molecule has 0 aliphatic rings. The minimum absolute atomic E-state index is 0.0177. The first-order valence-electron chi connectivity index (χ1n) is 14.0. The number of hydrogen-bond donors (Lipinski definition) is 1. The number of furan rings is 1. The number of carbonyl (C=O) groups is 1. The maximum Gasteiger partial charge on any atom is 0.176 e. The number of Topliss-reactive ketones (excluding diaryl/α,β-unsaturated/α-hetero) is 1. The summed E-state index contributed by atoms with van der Waals surface area (Å²) in [6.07, 6.45) is 0. The molecular weight excluding hydrogens is 524 g/mol. The zero-order chi connectivity index (χ0) is 28.7. The van der Waals surface area contributed by atoms with Crippen molar-refractivity contribution in [3.05, 3.63) is 138 Å². The maximum absolute atomic E-state index is 13.4. The average Bonchev–Trinajstić information content (AvgIpc) is 3.39. The maximum atomic E-state index is 13.4. The molecule has 0 spiro atoms. The van der Waals surface area contributed by atoms with Gasteiger partial charge in [-0.3, -0.25) is 9.69 Å². The number of rotatable bonds is 12. The summed E-state index contributed by atoms with van der Waals surface area (Å²) < 4.78 is 18.0. The number of benzene rings is 5. The van der Waals surface area contributed by atoms with E-state index in [4.69, 9.17) is 19.6 Å². The lowest BCUT2D eigenvalue weighted by molar-refractivity contribution is 0.0912. The van der Waals surface area contributed by atoms with Crippen LogP contribution in [0, 0.1) is 0 Å². The van der Waals surface area contributed by atoms with E-state index in [1.54, 1.807) is 18.2 Å². The minimum atomic E-state index is -0.0177. The molecule has 0 unspecified atom stereocenters. The molecule has 0 amide bonds. The normalized spacial score (nSPS) is 11.3. The van der Waals surface area contributed by atoms with Crippen LogP contribution in [0.3, 0.4) is 0 Å². The highest BCUT2D eigenvalue weighted by Crippen LogP contribution is 2.31. The van der Waals surface area contributed by atoms with Gasteiger partial charge >= 0.3 is 0 Å². The molecule has 0 aliphatic heterocycles. The van der Waals surface area contributed by atoms with Crippen LogP contribution in [0.5, 0.6) is 11.5 Å². The van der Waals surface area contributed by atoms with Crippen LogP contribution in [0.1, 0.15) is 21.5 Å². The lowest BCUT2D eigenvalue weighted by Crippen LogP contribution is -2.33. The fourth-order valence-corrected chi connectivity index (χ4v) is 5.03. The molecule has 0 radical (unpaired) electrons. The van der Waals surface area contributed by atoms with Crippen molar-refractivity contribution in [1.29, 1.82) is 0 Å². The Balaban J connectivity index is 1.11. The number of nitrogens with two attached hydrogens (primary N) is 1. The first-order valence-corrected chi connectivity index (χ1v) is 14.0. The smallest absolute Gasteiger partial charge is 0.176 e. The molecule has 0 saturated carbocycles. The van der Waals surface area contributed by atoms with Gasteiger partial charge < -0.3 is 19.6 Å². The summed E-state index contributed by atoms with van der Waals surface area (Å²) in [6.45, 7) is 2.23. The highest BCUT2D eigenvalue weighted by atomic mass is 16.5. The summed E-state index contributed by atoms with van der Waals surface area (Å²) in [6, 6.07) is 39.2. The van der Waals surface area contributed by atoms with E-state index in [0.29, 0.717) is 43.3 Å². The van der Waals surface area contributed by atoms with Gasteiger partial charge in [0.25, 0.3) is 0 Å². The third-order valence-electron chi connectivity index (χ3n) is 7.21. The Morgan fingerprint density at radius 3 is 2.21 bits per heavy atom. The summed E-state index contributed by atoms with van der Waals surface area (Å²) in [4.78, 5) is 15.5. The summed E-state index contributed by atoms with van der Waals surface area (Å²) in [5.74, 6) is 1.27. The van der Waals surface area contributed by atoms with Gasteiger partial charge in [-0.15, -0.1) is 0 Å². The van der Waals surface area contributed by atoms with Crippen molar-refractivity contribution in [2.75, 3.05) is 25.4 Å². The molecular formula is C36H32N2O4. The summed E-state index contributed by atoms with van der Waals surface area (Å²) >= 11 is 0. The number of anilines is 1. The minimum Gasteiger partial charge on any atom is -0.492 e. The van der Waals surface area contributed by atoms with Gasteiger partial charge in [0.15, 0.2) is 5.78 Å². The Kier molecular flexibility index (Phi) is 8.15. The molecule has 210 valence electrons. The third-order valence-corrected chi connectivity index (χ3v) is 7.21. The Morgan fingerprint density at radius 2 is 1.43 bits per heavy atom. The molecule has 6 rings (SSSR count). The third kappa shape index (κ3) is 6.45. The lowest BCUT2D eigenvalue weighted by Gasteiger charge is -2.22. The molecule has 6 aromatic rings. The average molecular weight is 557 g/mol. The number of ether oxygens (including phenoxy) is 2. The largest absolute Gasteiger partial charge is 0.492 e. The van der Waals surface area contributed by atoms with Crippen molar-refractivity contribution in [3.8, 4) is 11.5 Å². The fraction of sp³-hybridized carbons (Fsp3) is 0.139. The molecule has 42 heavy (non-hydrogen) atoms. The van der Waals surface area contributed by atoms with E-state index in [1.807, 2.05) is 84.9 Å². The van der Waals surface area contributed by atoms with E-state index < -0.39 is 0 Å². The monoisotopic (exact) mass is 556 g/mol. The van der Waals surface area contributed by atoms with Crippen LogP contribution in [0.25, 0.3) is 21.9 Å². The van der Waals surface area contributed by atoms with E-state index in [-0.39, 0.29) is 12.3 Å². The van der Waals surface area contributed by atoms with Crippen LogP contribution in [0.4, 0.5) is 5.69 Å². The van der Waals surface area contributed by atoms with Gasteiger partial charge in [0.05, 0.1) is 12.2 Å². The summed E-state index contributed by atoms with van der Waals surface area (Å²) in [5, 5.41) is 2.15. The van der Waals surface area contributed by atoms with Crippen molar-refractivity contribution in [2.24, 2.45) is 0 Å². The van der Waals surface area contributed by atoms with Crippen LogP contribution in [-0.2, 0) is 13.2 Å². The molecule has 0 bridgehead atoms. The van der Waals surface area contributed by atoms with Gasteiger partial charge in [0.1, 0.15) is 35.9 Å². The number of para-hydroxylation sites is 1. The second-order valence-corrected chi connectivity index (χ2v) is 10.3. The van der Waals surface area contributed by atoms with Crippen molar-refractivity contribution < 1.29 is 18.7 Å². The molecule has 1 heterocycles. The van der Waals surface area contributed by atoms with Crippen LogP contribution in [-0.4, -0.2) is 30.4 Å². The van der Waals surface area contributed by atoms with Gasteiger partial charge in [0.2, 0.25) is 0 Å². The van der Waals surface area contributed by atoms with Gasteiger partial charge in [0, 0.05) is 35.5 Å². The molecule has 6 heteroatoms. The molecule has 0 fully saturated rings. The Morgan fingerprint density at radius 1 is 0.714 bits per heavy atom. The first kappa shape index (κ1) is 27.1. The van der Waals surface area contributed by atoms with Crippen molar-refractivity contribution in [3.63, 3.8) is 0 Å². The number of nitrogen functional groups attached to an aromatic ring is 1. The highest BCUT2D eigenvalue weighted by molar-refractivity contribution is 6.05. The Labute approximate surface area is 244 Å². The van der Waals surface area contributed by atoms with E-state index in [2.05, 4.69) is 23.1 Å². The predicted octanol–water partition coefficient (Wildman–Crippen LogP) is 7.51. The summed E-state index contributed by atoms with van der Waals surface area (Å²) in [7, 11) is 0. The van der Waals surface area contributed by atoms with Crippen molar-refractivity contribution >= 4 is 33.4 Å². The van der Waals surface area contributed by atoms with Crippen LogP contribution < -0.4 is 15.2 Å². The molecule has 0 atom stereocenters. The zero-order valence-electron chi connectivity index (χ0n) is 23.2. The van der Waals surface area contributed by atoms with E-state index in [0.717, 1.165) is 38.8 Å². The number of ketones is 1. The number of hydrogen-bond acceptors (Lipinski definition) is 6. The molecule has 1 aromatic heterocycles. The fourth-order valence-electron chi connectivity index (χ4n) is 5.03. The van der Waals surface area contributed by atoms with Crippen molar-refractivity contribution in [1.82, 2.24) is 4.90 Å². The summed E-state index contributed by atoms with van der Waals surface area (Å²) in [5.41, 5.74) is 11.1. The standard InChI is InChI=1S/C36H32N2O4/c37-32-21-28(15-18-35(32)41-25-27-11-5-2-6-12-27)33(39)24-38(23-26-9-3-1-4-10-26)19-20-40-29-16-17-31-30-13-7-8-14-34(30)42-36(31)22-29/h1-18,21-22H,19-20,23-25,37H2. The van der Waals surface area contributed by atoms with Gasteiger partial charge in [-0.2, -0.15) is 0 Å². The van der Waals surface area contributed by atoms with E-state index in [1.165, 1.54) is 0 Å². The van der Waals surface area contributed by atoms with Crippen molar-refractivity contribution in [2.45, 2.75) is 13.2 Å². The zero-order valence-corrected chi connectivity index (χ0v) is 23.2. The molecule has 0 saturated heterocycles. The number of fused-ring (bicyclic) bond motifs is 3. The molecule has 5 aromatic carbocycles. The van der Waals surface area contributed by atoms with E-state index >= 15 is 0 Å². The number of carbonyl (C=O) groups excluding carboxylic acids is 1. The van der Waals surface area contributed by atoms with Crippen LogP contribution in [0.2, 0.25) is 0 Å². The second-order valence-electron chi connectivity index (χ2n) is 10.3. The molecule has 2 N–H and O–H groups in total. The SMILES string of the molecule is Nc1cc(C(=O)CN(CCOc2ccc3c(c2)oc2ccccc23)Cc2ccccc2)ccc1OCc1ccccc1. The van der Waals surface area contributed by atoms with Crippen LogP contribution in [0.15, 0.2) is 126 Å². The predicted molar refractivity (Wildman–Crippen MR) is 167 cm³/mol. The first-order chi connectivity index (χ1) is 20.6. The van der Waals surface area contributed by atoms with Gasteiger partial charge in [-0.25, -0.2) is 0 Å². The topological polar surface area (TPSA) is 77.9 Å². The van der Waals surface area contributed by atoms with Crippen LogP contribution >= 0.6 is 0 Å². The lowest BCUT2D eigenvalue weighted by atomic mass is 10.1. The van der Waals surface area contributed by atoms with Gasteiger partial charge in [-0.05, 0) is 47.5 Å². The Bertz CT molecular complexity index is 1800. The highest BCUT2D eigenvalue weighted by Gasteiger charge is 2.16. The molecule has 6 nitrogen and oxygen atoms in total.